The van der Waals surface area contributed by atoms with Crippen LogP contribution in [0, 0.1) is 25.8 Å². The molecule has 7 aromatic rings. The second-order valence-electron chi connectivity index (χ2n) is 8.30. The fourth-order valence-corrected chi connectivity index (χ4v) is 4.30. The molecule has 0 aliphatic rings. The maximum absolute atomic E-state index is 7.86. The molecule has 38 heavy (non-hydrogen) atoms. The summed E-state index contributed by atoms with van der Waals surface area (Å²) in [7, 11) is 0. The van der Waals surface area contributed by atoms with Gasteiger partial charge in [0.2, 0.25) is 0 Å². The molecule has 5 heteroatoms. The minimum Gasteiger partial charge on any atom is -0.500 e. The molecule has 0 unspecified atom stereocenters. The topological polar surface area (TPSA) is 51.8 Å². The molecule has 0 fully saturated rings. The Morgan fingerprint density at radius 3 is 2.16 bits per heavy atom. The molecule has 0 amide bonds. The molecule has 0 saturated heterocycles. The average molecular weight is 676 g/mol. The van der Waals surface area contributed by atoms with Crippen molar-refractivity contribution in [3.63, 3.8) is 0 Å². The van der Waals surface area contributed by atoms with Crippen LogP contribution in [0.5, 0.6) is 0 Å². The van der Waals surface area contributed by atoms with Crippen LogP contribution in [0.4, 0.5) is 0 Å². The largest absolute Gasteiger partial charge is 0.500 e. The summed E-state index contributed by atoms with van der Waals surface area (Å²) in [4.78, 5) is 12.6. The van der Waals surface area contributed by atoms with E-state index < -0.39 is 13.7 Å². The van der Waals surface area contributed by atoms with Gasteiger partial charge in [0.25, 0.3) is 0 Å². The molecule has 0 atom stereocenters. The van der Waals surface area contributed by atoms with E-state index in [1.807, 2.05) is 66.7 Å². The Bertz CT molecular complexity index is 2010. The second-order valence-corrected chi connectivity index (χ2v) is 8.30. The first-order valence-corrected chi connectivity index (χ1v) is 11.6. The van der Waals surface area contributed by atoms with Crippen LogP contribution in [0.3, 0.4) is 0 Å². The molecule has 4 aromatic heterocycles. The number of nitrogens with zero attached hydrogens (tertiary/aromatic N) is 3. The fourth-order valence-electron chi connectivity index (χ4n) is 4.30. The summed E-state index contributed by atoms with van der Waals surface area (Å²) < 4.78 is 53.1. The van der Waals surface area contributed by atoms with Crippen LogP contribution in [0.25, 0.3) is 55.2 Å². The molecule has 0 bridgehead atoms. The molecule has 4 nitrogen and oxygen atoms in total. The minimum absolute atomic E-state index is 0. The minimum atomic E-state index is -2.58. The summed E-state index contributed by atoms with van der Waals surface area (Å²) in [5.74, 6) is 0. The maximum atomic E-state index is 7.86. The van der Waals surface area contributed by atoms with E-state index in [2.05, 4.69) is 27.1 Å². The van der Waals surface area contributed by atoms with Crippen molar-refractivity contribution in [3.8, 4) is 22.5 Å². The number of hydrogen-bond acceptors (Lipinski definition) is 4. The SMILES string of the molecule is [2H]C([2H])([2H])c1cc2c(ccc3c4cc[c-]c(-c5ccccn5)c4oc23)c(C([2H])([2H])[2H])n1.[Ir].[c-]1ccccc1-c1ccccn1. The van der Waals surface area contributed by atoms with Gasteiger partial charge in [-0.3, -0.25) is 4.98 Å². The van der Waals surface area contributed by atoms with E-state index in [1.54, 1.807) is 30.6 Å². The van der Waals surface area contributed by atoms with Gasteiger partial charge >= 0.3 is 0 Å². The molecular weight excluding hydrogens is 647 g/mol. The van der Waals surface area contributed by atoms with Gasteiger partial charge in [-0.1, -0.05) is 47.3 Å². The first-order chi connectivity index (χ1) is 20.6. The number of fused-ring (bicyclic) bond motifs is 5. The van der Waals surface area contributed by atoms with Crippen molar-refractivity contribution in [2.45, 2.75) is 13.7 Å². The van der Waals surface area contributed by atoms with E-state index in [0.29, 0.717) is 33.2 Å². The Morgan fingerprint density at radius 2 is 1.45 bits per heavy atom. The van der Waals surface area contributed by atoms with Crippen LogP contribution in [-0.4, -0.2) is 15.0 Å². The zero-order valence-corrected chi connectivity index (χ0v) is 22.3. The third-order valence-electron chi connectivity index (χ3n) is 5.98. The number of furan rings is 1. The molecule has 7 rings (SSSR count). The normalized spacial score (nSPS) is 13.7. The second kappa shape index (κ2) is 11.1. The third-order valence-corrected chi connectivity index (χ3v) is 5.98. The molecule has 4 heterocycles. The molecule has 0 saturated carbocycles. The van der Waals surface area contributed by atoms with Gasteiger partial charge in [0.05, 0.1) is 5.58 Å². The standard InChI is InChI=1S/C22H15N2O.C11H8N.Ir/c1-13-12-19-15(14(2)24-13)9-10-17-16-6-5-7-18(21(16)25-22(17)19)20-8-3-4-11-23-20;1-2-6-10(7-3-1)11-8-4-5-9-12-11;/h3-6,8-12H,1-2H3;1-6,8-9H;/q2*-1;/i1D3,2D3;;. The van der Waals surface area contributed by atoms with E-state index in [4.69, 9.17) is 12.6 Å². The Hall–Kier alpha value is -4.18. The molecule has 187 valence electrons. The van der Waals surface area contributed by atoms with Gasteiger partial charge in [0.15, 0.2) is 0 Å². The summed E-state index contributed by atoms with van der Waals surface area (Å²) in [6.07, 6.45) is 3.47. The predicted molar refractivity (Wildman–Crippen MR) is 149 cm³/mol. The Morgan fingerprint density at radius 1 is 0.684 bits per heavy atom. The Labute approximate surface area is 243 Å². The van der Waals surface area contributed by atoms with Gasteiger partial charge in [-0.2, -0.15) is 0 Å². The van der Waals surface area contributed by atoms with Crippen LogP contribution < -0.4 is 0 Å². The molecule has 0 aliphatic heterocycles. The summed E-state index contributed by atoms with van der Waals surface area (Å²) >= 11 is 0. The summed E-state index contributed by atoms with van der Waals surface area (Å²) in [5, 5.41) is 2.28. The molecular formula is C33H23IrN3O-2. The van der Waals surface area contributed by atoms with Crippen molar-refractivity contribution >= 4 is 32.7 Å². The molecule has 0 aliphatic carbocycles. The van der Waals surface area contributed by atoms with Gasteiger partial charge in [-0.05, 0) is 43.3 Å². The monoisotopic (exact) mass is 676 g/mol. The third kappa shape index (κ3) is 4.86. The quantitative estimate of drug-likeness (QED) is 0.174. The maximum Gasteiger partial charge on any atom is 0.128 e. The smallest absolute Gasteiger partial charge is 0.128 e. The fraction of sp³-hybridized carbons (Fsp3) is 0.0606. The molecule has 1 radical (unpaired) electrons. The predicted octanol–water partition coefficient (Wildman–Crippen LogP) is 8.16. The molecule has 0 spiro atoms. The first kappa shape index (κ1) is 19.0. The van der Waals surface area contributed by atoms with E-state index in [1.165, 1.54) is 6.07 Å². The van der Waals surface area contributed by atoms with Crippen LogP contribution in [0.15, 0.2) is 108 Å². The zero-order valence-electron chi connectivity index (χ0n) is 25.9. The number of aromatic nitrogens is 3. The van der Waals surface area contributed by atoms with Crippen molar-refractivity contribution in [2.24, 2.45) is 0 Å². The number of hydrogen-bond donors (Lipinski definition) is 0. The van der Waals surface area contributed by atoms with E-state index in [0.717, 1.165) is 22.0 Å². The van der Waals surface area contributed by atoms with Crippen molar-refractivity contribution in [1.82, 2.24) is 15.0 Å². The van der Waals surface area contributed by atoms with Crippen molar-refractivity contribution in [2.75, 3.05) is 0 Å². The average Bonchev–Trinajstić information content (AvgIpc) is 3.41. The van der Waals surface area contributed by atoms with Crippen LogP contribution in [0.1, 0.15) is 19.6 Å². The van der Waals surface area contributed by atoms with Gasteiger partial charge < -0.3 is 14.4 Å². The van der Waals surface area contributed by atoms with Crippen LogP contribution in [0.2, 0.25) is 0 Å². The van der Waals surface area contributed by atoms with Crippen LogP contribution >= 0.6 is 0 Å². The van der Waals surface area contributed by atoms with Crippen molar-refractivity contribution < 1.29 is 32.7 Å². The number of pyridine rings is 3. The van der Waals surface area contributed by atoms with Crippen LogP contribution in [-0.2, 0) is 20.1 Å². The summed E-state index contributed by atoms with van der Waals surface area (Å²) in [5.41, 5.74) is 3.78. The Kier molecular flexibility index (Phi) is 5.52. The summed E-state index contributed by atoms with van der Waals surface area (Å²) in [6, 6.07) is 34.0. The number of benzene rings is 3. The van der Waals surface area contributed by atoms with Gasteiger partial charge in [0.1, 0.15) is 5.58 Å². The van der Waals surface area contributed by atoms with Crippen molar-refractivity contribution in [3.05, 3.63) is 127 Å². The van der Waals surface area contributed by atoms with Gasteiger partial charge in [0, 0.05) is 68.3 Å². The molecule has 0 N–H and O–H groups in total. The first-order valence-electron chi connectivity index (χ1n) is 14.6. The Balaban J connectivity index is 0.000000248. The zero-order chi connectivity index (χ0) is 30.2. The summed E-state index contributed by atoms with van der Waals surface area (Å²) in [6.45, 7) is -5.14. The van der Waals surface area contributed by atoms with E-state index >= 15 is 0 Å². The number of rotatable bonds is 2. The van der Waals surface area contributed by atoms with E-state index in [-0.39, 0.29) is 31.5 Å². The van der Waals surface area contributed by atoms with Gasteiger partial charge in [-0.15, -0.1) is 54.1 Å². The van der Waals surface area contributed by atoms with Gasteiger partial charge in [-0.25, -0.2) is 0 Å². The number of aryl methyl sites for hydroxylation is 2. The van der Waals surface area contributed by atoms with E-state index in [9.17, 15) is 0 Å². The van der Waals surface area contributed by atoms with Crippen molar-refractivity contribution in [1.29, 1.82) is 0 Å². The molecule has 3 aromatic carbocycles.